The Labute approximate surface area is 208 Å². The van der Waals surface area contributed by atoms with Crippen molar-refractivity contribution in [2.45, 2.75) is 45.0 Å². The molecule has 1 atom stereocenters. The SMILES string of the molecule is Cc1ccc(C(=O)N2CCC3(CC2)COC(CN(C)Cc2cccnc2)C3)cc1.O=C(O)C(F)(F)F. The van der Waals surface area contributed by atoms with E-state index in [0.717, 1.165) is 57.6 Å². The Balaban J connectivity index is 0.000000454. The second-order valence-corrected chi connectivity index (χ2v) is 9.66. The van der Waals surface area contributed by atoms with Crippen LogP contribution in [-0.4, -0.2) is 77.3 Å². The predicted molar refractivity (Wildman–Crippen MR) is 127 cm³/mol. The zero-order valence-corrected chi connectivity index (χ0v) is 20.5. The zero-order chi connectivity index (χ0) is 26.3. The van der Waals surface area contributed by atoms with Crippen LogP contribution in [0.1, 0.15) is 40.7 Å². The van der Waals surface area contributed by atoms with Crippen LogP contribution in [0.4, 0.5) is 13.2 Å². The highest BCUT2D eigenvalue weighted by Crippen LogP contribution is 2.42. The first-order valence-corrected chi connectivity index (χ1v) is 11.8. The number of pyridine rings is 1. The number of ether oxygens (including phenoxy) is 1. The van der Waals surface area contributed by atoms with Gasteiger partial charge in [0.25, 0.3) is 5.91 Å². The van der Waals surface area contributed by atoms with E-state index in [-0.39, 0.29) is 17.4 Å². The summed E-state index contributed by atoms with van der Waals surface area (Å²) in [5.41, 5.74) is 3.45. The lowest BCUT2D eigenvalue weighted by Crippen LogP contribution is -2.43. The maximum absolute atomic E-state index is 12.8. The summed E-state index contributed by atoms with van der Waals surface area (Å²) in [7, 11) is 2.14. The van der Waals surface area contributed by atoms with Gasteiger partial charge in [-0.15, -0.1) is 0 Å². The average molecular weight is 508 g/mol. The minimum Gasteiger partial charge on any atom is -0.475 e. The van der Waals surface area contributed by atoms with E-state index >= 15 is 0 Å². The van der Waals surface area contributed by atoms with E-state index in [1.165, 1.54) is 11.1 Å². The predicted octanol–water partition coefficient (Wildman–Crippen LogP) is 4.17. The molecule has 196 valence electrons. The Morgan fingerprint density at radius 1 is 1.19 bits per heavy atom. The van der Waals surface area contributed by atoms with Gasteiger partial charge in [-0.05, 0) is 62.4 Å². The number of likely N-dealkylation sites (N-methyl/N-ethyl adjacent to an activating group) is 1. The number of aromatic nitrogens is 1. The molecule has 1 unspecified atom stereocenters. The molecule has 0 saturated carbocycles. The highest BCUT2D eigenvalue weighted by Gasteiger charge is 2.43. The van der Waals surface area contributed by atoms with Crippen LogP contribution in [0.25, 0.3) is 0 Å². The fourth-order valence-electron chi connectivity index (χ4n) is 4.64. The topological polar surface area (TPSA) is 83.0 Å². The molecular formula is C26H32F3N3O4. The fraction of sp³-hybridized carbons (Fsp3) is 0.500. The number of hydrogen-bond donors (Lipinski definition) is 1. The number of carbonyl (C=O) groups is 2. The van der Waals surface area contributed by atoms with Gasteiger partial charge in [0.1, 0.15) is 0 Å². The number of carboxylic acids is 1. The van der Waals surface area contributed by atoms with Gasteiger partial charge in [0.2, 0.25) is 0 Å². The summed E-state index contributed by atoms with van der Waals surface area (Å²) in [6, 6.07) is 12.0. The minimum absolute atomic E-state index is 0.159. The number of likely N-dealkylation sites (tertiary alicyclic amines) is 1. The van der Waals surface area contributed by atoms with Crippen molar-refractivity contribution in [2.75, 3.05) is 33.3 Å². The van der Waals surface area contributed by atoms with Crippen molar-refractivity contribution in [3.8, 4) is 0 Å². The summed E-state index contributed by atoms with van der Waals surface area (Å²) in [6.45, 7) is 6.35. The number of piperidine rings is 1. The van der Waals surface area contributed by atoms with Gasteiger partial charge in [-0.25, -0.2) is 4.79 Å². The Hall–Kier alpha value is -2.98. The molecular weight excluding hydrogens is 475 g/mol. The standard InChI is InChI=1S/C24H31N3O2.C2HF3O2/c1-19-5-7-21(8-6-19)23(28)27-12-9-24(10-13-27)14-22(29-18-24)17-26(2)16-20-4-3-11-25-15-20;3-2(4,5)1(6)7/h3-8,11,15,22H,9-10,12-14,16-18H2,1-2H3;(H,6,7). The first-order chi connectivity index (χ1) is 17.0. The van der Waals surface area contributed by atoms with Gasteiger partial charge in [-0.1, -0.05) is 23.8 Å². The van der Waals surface area contributed by atoms with Crippen molar-refractivity contribution in [2.24, 2.45) is 5.41 Å². The number of aliphatic carboxylic acids is 1. The summed E-state index contributed by atoms with van der Waals surface area (Å²) in [5.74, 6) is -2.60. The van der Waals surface area contributed by atoms with E-state index in [2.05, 4.69) is 23.0 Å². The Morgan fingerprint density at radius 3 is 2.39 bits per heavy atom. The third-order valence-corrected chi connectivity index (χ3v) is 6.63. The van der Waals surface area contributed by atoms with Crippen molar-refractivity contribution >= 4 is 11.9 Å². The Morgan fingerprint density at radius 2 is 1.83 bits per heavy atom. The van der Waals surface area contributed by atoms with Gasteiger partial charge in [-0.2, -0.15) is 13.2 Å². The lowest BCUT2D eigenvalue weighted by molar-refractivity contribution is -0.192. The first-order valence-electron chi connectivity index (χ1n) is 11.8. The maximum Gasteiger partial charge on any atom is 0.490 e. The summed E-state index contributed by atoms with van der Waals surface area (Å²) >= 11 is 0. The van der Waals surface area contributed by atoms with Gasteiger partial charge in [0.05, 0.1) is 12.7 Å². The monoisotopic (exact) mass is 507 g/mol. The van der Waals surface area contributed by atoms with E-state index in [1.54, 1.807) is 0 Å². The second-order valence-electron chi connectivity index (χ2n) is 9.66. The van der Waals surface area contributed by atoms with E-state index in [9.17, 15) is 18.0 Å². The molecule has 10 heteroatoms. The Kier molecular flexibility index (Phi) is 9.08. The summed E-state index contributed by atoms with van der Waals surface area (Å²) in [4.78, 5) is 30.2. The van der Waals surface area contributed by atoms with Crippen molar-refractivity contribution in [3.05, 3.63) is 65.5 Å². The van der Waals surface area contributed by atoms with Crippen LogP contribution >= 0.6 is 0 Å². The van der Waals surface area contributed by atoms with Crippen LogP contribution in [0, 0.1) is 12.3 Å². The fourth-order valence-corrected chi connectivity index (χ4v) is 4.64. The van der Waals surface area contributed by atoms with Gasteiger partial charge < -0.3 is 14.7 Å². The second kappa shape index (κ2) is 11.8. The highest BCUT2D eigenvalue weighted by atomic mass is 19.4. The molecule has 36 heavy (non-hydrogen) atoms. The molecule has 1 aromatic heterocycles. The summed E-state index contributed by atoms with van der Waals surface area (Å²) in [6.07, 6.45) is 2.09. The average Bonchev–Trinajstić information content (AvgIpc) is 3.21. The molecule has 2 aliphatic heterocycles. The van der Waals surface area contributed by atoms with E-state index in [4.69, 9.17) is 14.6 Å². The molecule has 1 aromatic carbocycles. The van der Waals surface area contributed by atoms with Crippen molar-refractivity contribution in [1.82, 2.24) is 14.8 Å². The number of benzene rings is 1. The summed E-state index contributed by atoms with van der Waals surface area (Å²) < 4.78 is 37.9. The van der Waals surface area contributed by atoms with Gasteiger partial charge >= 0.3 is 12.1 Å². The van der Waals surface area contributed by atoms with Crippen LogP contribution in [0.15, 0.2) is 48.8 Å². The number of carboxylic acid groups (broad SMARTS) is 1. The van der Waals surface area contributed by atoms with Crippen molar-refractivity contribution < 1.29 is 32.6 Å². The number of aryl methyl sites for hydroxylation is 1. The van der Waals surface area contributed by atoms with Crippen LogP contribution in [0.5, 0.6) is 0 Å². The molecule has 1 N–H and O–H groups in total. The highest BCUT2D eigenvalue weighted by molar-refractivity contribution is 5.94. The number of nitrogens with zero attached hydrogens (tertiary/aromatic N) is 3. The Bertz CT molecular complexity index is 1010. The molecule has 3 heterocycles. The van der Waals surface area contributed by atoms with Crippen molar-refractivity contribution in [1.29, 1.82) is 0 Å². The third kappa shape index (κ3) is 7.76. The quantitative estimate of drug-likeness (QED) is 0.654. The van der Waals surface area contributed by atoms with Crippen LogP contribution in [0.3, 0.4) is 0 Å². The van der Waals surface area contributed by atoms with Crippen molar-refractivity contribution in [3.63, 3.8) is 0 Å². The molecule has 2 fully saturated rings. The molecule has 0 aliphatic carbocycles. The van der Waals surface area contributed by atoms with Gasteiger partial charge in [0, 0.05) is 44.1 Å². The lowest BCUT2D eigenvalue weighted by Gasteiger charge is -2.38. The molecule has 1 amide bonds. The van der Waals surface area contributed by atoms with E-state index in [0.29, 0.717) is 0 Å². The van der Waals surface area contributed by atoms with Gasteiger partial charge in [0.15, 0.2) is 0 Å². The first kappa shape index (κ1) is 27.6. The number of hydrogen-bond acceptors (Lipinski definition) is 5. The number of rotatable bonds is 5. The molecule has 0 bridgehead atoms. The number of amides is 1. The molecule has 1 spiro atoms. The molecule has 4 rings (SSSR count). The van der Waals surface area contributed by atoms with Crippen LogP contribution < -0.4 is 0 Å². The normalized spacial score (nSPS) is 19.2. The molecule has 2 aliphatic rings. The maximum atomic E-state index is 12.8. The lowest BCUT2D eigenvalue weighted by atomic mass is 9.76. The number of halogens is 3. The molecule has 2 saturated heterocycles. The van der Waals surface area contributed by atoms with Gasteiger partial charge in [-0.3, -0.25) is 14.7 Å². The molecule has 0 radical (unpaired) electrons. The summed E-state index contributed by atoms with van der Waals surface area (Å²) in [5, 5.41) is 7.12. The number of carbonyl (C=O) groups excluding carboxylic acids is 1. The van der Waals surface area contributed by atoms with Crippen LogP contribution in [0.2, 0.25) is 0 Å². The third-order valence-electron chi connectivity index (χ3n) is 6.63. The number of alkyl halides is 3. The van der Waals surface area contributed by atoms with E-state index < -0.39 is 12.1 Å². The van der Waals surface area contributed by atoms with Crippen LogP contribution in [-0.2, 0) is 16.1 Å². The largest absolute Gasteiger partial charge is 0.490 e. The smallest absolute Gasteiger partial charge is 0.475 e. The minimum atomic E-state index is -5.08. The molecule has 2 aromatic rings. The van der Waals surface area contributed by atoms with E-state index in [1.807, 2.05) is 54.5 Å². The molecule has 7 nitrogen and oxygen atoms in total. The zero-order valence-electron chi connectivity index (χ0n) is 20.5.